The summed E-state index contributed by atoms with van der Waals surface area (Å²) >= 11 is 1.52. The Labute approximate surface area is 185 Å². The summed E-state index contributed by atoms with van der Waals surface area (Å²) in [6.45, 7) is 7.87. The minimum atomic E-state index is -2.63. The van der Waals surface area contributed by atoms with Gasteiger partial charge in [-0.15, -0.1) is 0 Å². The van der Waals surface area contributed by atoms with Gasteiger partial charge in [0.1, 0.15) is 16.4 Å². The third-order valence-corrected chi connectivity index (χ3v) is 5.65. The first-order valence-electron chi connectivity index (χ1n) is 10.3. The van der Waals surface area contributed by atoms with Crippen molar-refractivity contribution < 1.29 is 18.3 Å². The maximum Gasteiger partial charge on any atom is 0.413 e. The van der Waals surface area contributed by atoms with E-state index in [0.717, 1.165) is 22.8 Å². The van der Waals surface area contributed by atoms with E-state index in [-0.39, 0.29) is 25.9 Å². The normalized spacial score (nSPS) is 16.3. The van der Waals surface area contributed by atoms with E-state index in [4.69, 9.17) is 4.74 Å². The number of alkyl halides is 2. The van der Waals surface area contributed by atoms with Crippen LogP contribution >= 0.6 is 11.8 Å². The predicted molar refractivity (Wildman–Crippen MR) is 118 cm³/mol. The van der Waals surface area contributed by atoms with E-state index in [2.05, 4.69) is 20.5 Å². The summed E-state index contributed by atoms with van der Waals surface area (Å²) in [5.41, 5.74) is 1.87. The number of H-pyrrole nitrogens is 1. The lowest BCUT2D eigenvalue weighted by Gasteiger charge is -2.33. The van der Waals surface area contributed by atoms with Crippen molar-refractivity contribution >= 4 is 29.4 Å². The van der Waals surface area contributed by atoms with Gasteiger partial charge in [0, 0.05) is 49.1 Å². The van der Waals surface area contributed by atoms with Crippen LogP contribution in [0.1, 0.15) is 51.9 Å². The molecule has 1 aliphatic rings. The molecule has 2 aromatic heterocycles. The van der Waals surface area contributed by atoms with Gasteiger partial charge in [0.25, 0.3) is 5.92 Å². The minimum Gasteiger partial charge on any atom is -0.444 e. The Morgan fingerprint density at radius 1 is 1.29 bits per heavy atom. The molecular formula is C21H29F2N5O2S. The molecule has 1 fully saturated rings. The first-order chi connectivity index (χ1) is 14.5. The van der Waals surface area contributed by atoms with Gasteiger partial charge in [-0.2, -0.15) is 5.10 Å². The van der Waals surface area contributed by atoms with Crippen molar-refractivity contribution in [2.24, 2.45) is 0 Å². The van der Waals surface area contributed by atoms with Crippen molar-refractivity contribution in [3.63, 3.8) is 0 Å². The van der Waals surface area contributed by atoms with E-state index in [0.29, 0.717) is 17.3 Å². The molecule has 1 amide bonds. The molecule has 2 N–H and O–H groups in total. The van der Waals surface area contributed by atoms with Gasteiger partial charge in [-0.1, -0.05) is 18.7 Å². The molecule has 3 heterocycles. The Hall–Kier alpha value is -2.36. The summed E-state index contributed by atoms with van der Waals surface area (Å²) in [6, 6.07) is 5.57. The molecule has 0 aromatic carbocycles. The highest BCUT2D eigenvalue weighted by atomic mass is 32.2. The molecule has 0 bridgehead atoms. The topological polar surface area (TPSA) is 83.1 Å². The molecule has 1 saturated heterocycles. The second-order valence-corrected chi connectivity index (χ2v) is 9.54. The quantitative estimate of drug-likeness (QED) is 0.582. The molecule has 0 spiro atoms. The summed E-state index contributed by atoms with van der Waals surface area (Å²) in [5.74, 6) is -1.78. The number of rotatable bonds is 6. The summed E-state index contributed by atoms with van der Waals surface area (Å²) in [6.07, 6.45) is -0.131. The SMILES string of the molecule is CCc1cc(SCc2cc(N3CCC(F)(F)CC3)cc(NC(=O)OC(C)(C)C)n2)n[nH]1. The van der Waals surface area contributed by atoms with Crippen molar-refractivity contribution in [2.45, 2.75) is 69.3 Å². The number of aromatic nitrogens is 3. The summed E-state index contributed by atoms with van der Waals surface area (Å²) in [5, 5.41) is 10.8. The highest BCUT2D eigenvalue weighted by Crippen LogP contribution is 2.32. The molecule has 170 valence electrons. The number of aryl methyl sites for hydroxylation is 1. The van der Waals surface area contributed by atoms with E-state index < -0.39 is 17.6 Å². The van der Waals surface area contributed by atoms with Gasteiger partial charge in [-0.3, -0.25) is 10.4 Å². The number of hydrogen-bond acceptors (Lipinski definition) is 6. The van der Waals surface area contributed by atoms with Gasteiger partial charge < -0.3 is 9.64 Å². The number of pyridine rings is 1. The third-order valence-electron chi connectivity index (χ3n) is 4.71. The van der Waals surface area contributed by atoms with Crippen LogP contribution in [0.3, 0.4) is 0 Å². The van der Waals surface area contributed by atoms with Crippen LogP contribution in [-0.2, 0) is 16.9 Å². The largest absolute Gasteiger partial charge is 0.444 e. The Kier molecular flexibility index (Phi) is 7.08. The Morgan fingerprint density at radius 3 is 2.61 bits per heavy atom. The number of hydrogen-bond donors (Lipinski definition) is 2. The zero-order valence-corrected chi connectivity index (χ0v) is 19.1. The molecule has 10 heteroatoms. The zero-order chi connectivity index (χ0) is 22.6. The molecular weight excluding hydrogens is 424 g/mol. The van der Waals surface area contributed by atoms with Crippen LogP contribution in [0.2, 0.25) is 0 Å². The van der Waals surface area contributed by atoms with Gasteiger partial charge in [-0.25, -0.2) is 18.6 Å². The lowest BCUT2D eigenvalue weighted by molar-refractivity contribution is -0.0220. The number of nitrogens with one attached hydrogen (secondary N) is 2. The first-order valence-corrected chi connectivity index (χ1v) is 11.3. The number of carbonyl (C=O) groups excluding carboxylic acids is 1. The van der Waals surface area contributed by atoms with Crippen LogP contribution in [0.5, 0.6) is 0 Å². The van der Waals surface area contributed by atoms with Gasteiger partial charge in [-0.05, 0) is 39.3 Å². The average Bonchev–Trinajstić information content (AvgIpc) is 3.13. The number of amides is 1. The molecule has 3 rings (SSSR count). The number of ether oxygens (including phenoxy) is 1. The molecule has 7 nitrogen and oxygen atoms in total. The summed E-state index contributed by atoms with van der Waals surface area (Å²) in [7, 11) is 0. The van der Waals surface area contributed by atoms with Crippen molar-refractivity contribution in [3.8, 4) is 0 Å². The molecule has 0 radical (unpaired) electrons. The number of halogens is 2. The Balaban J connectivity index is 1.78. The third kappa shape index (κ3) is 7.09. The number of thioether (sulfide) groups is 1. The van der Waals surface area contributed by atoms with Gasteiger partial charge >= 0.3 is 6.09 Å². The smallest absolute Gasteiger partial charge is 0.413 e. The number of aromatic amines is 1. The van der Waals surface area contributed by atoms with Crippen molar-refractivity contribution in [3.05, 3.63) is 29.6 Å². The second kappa shape index (κ2) is 9.42. The summed E-state index contributed by atoms with van der Waals surface area (Å²) < 4.78 is 32.5. The molecule has 0 unspecified atom stereocenters. The van der Waals surface area contributed by atoms with Crippen LogP contribution in [-0.4, -0.2) is 45.9 Å². The first kappa shape index (κ1) is 23.3. The van der Waals surface area contributed by atoms with Crippen LogP contribution < -0.4 is 10.2 Å². The summed E-state index contributed by atoms with van der Waals surface area (Å²) in [4.78, 5) is 18.6. The predicted octanol–water partition coefficient (Wildman–Crippen LogP) is 5.24. The van der Waals surface area contributed by atoms with Crippen LogP contribution in [0, 0.1) is 0 Å². The maximum atomic E-state index is 13.6. The van der Waals surface area contributed by atoms with Crippen LogP contribution in [0.4, 0.5) is 25.1 Å². The van der Waals surface area contributed by atoms with Gasteiger partial charge in [0.15, 0.2) is 0 Å². The molecule has 0 aliphatic carbocycles. The van der Waals surface area contributed by atoms with Gasteiger partial charge in [0.2, 0.25) is 0 Å². The highest BCUT2D eigenvalue weighted by molar-refractivity contribution is 7.98. The lowest BCUT2D eigenvalue weighted by atomic mass is 10.1. The lowest BCUT2D eigenvalue weighted by Crippen LogP contribution is -2.39. The molecule has 1 aliphatic heterocycles. The fourth-order valence-electron chi connectivity index (χ4n) is 3.14. The molecule has 0 atom stereocenters. The Morgan fingerprint density at radius 2 is 2.00 bits per heavy atom. The van der Waals surface area contributed by atoms with Crippen molar-refractivity contribution in [1.82, 2.24) is 15.2 Å². The second-order valence-electron chi connectivity index (χ2n) is 8.55. The minimum absolute atomic E-state index is 0.193. The van der Waals surface area contributed by atoms with E-state index in [1.165, 1.54) is 11.8 Å². The highest BCUT2D eigenvalue weighted by Gasteiger charge is 2.34. The Bertz CT molecular complexity index is 903. The average molecular weight is 454 g/mol. The number of carbonyl (C=O) groups is 1. The van der Waals surface area contributed by atoms with Crippen molar-refractivity contribution in [2.75, 3.05) is 23.3 Å². The standard InChI is InChI=1S/C21H29F2N5O2S/c1-5-14-11-18(27-26-14)31-13-15-10-16(28-8-6-21(22,23)7-9-28)12-17(24-15)25-19(29)30-20(2,3)4/h10-12H,5-9,13H2,1-4H3,(H,26,27)(H,24,25,29). The van der Waals surface area contributed by atoms with E-state index in [1.807, 2.05) is 24.0 Å². The maximum absolute atomic E-state index is 13.6. The molecule has 2 aromatic rings. The molecule has 0 saturated carbocycles. The van der Waals surface area contributed by atoms with Crippen molar-refractivity contribution in [1.29, 1.82) is 0 Å². The number of anilines is 2. The fraction of sp³-hybridized carbons (Fsp3) is 0.571. The van der Waals surface area contributed by atoms with Crippen LogP contribution in [0.15, 0.2) is 23.2 Å². The van der Waals surface area contributed by atoms with E-state index in [1.54, 1.807) is 26.8 Å². The van der Waals surface area contributed by atoms with E-state index in [9.17, 15) is 13.6 Å². The number of piperidine rings is 1. The van der Waals surface area contributed by atoms with Gasteiger partial charge in [0.05, 0.1) is 5.69 Å². The zero-order valence-electron chi connectivity index (χ0n) is 18.3. The monoisotopic (exact) mass is 453 g/mol. The van der Waals surface area contributed by atoms with Crippen LogP contribution in [0.25, 0.3) is 0 Å². The number of nitrogens with zero attached hydrogens (tertiary/aromatic N) is 3. The molecule has 31 heavy (non-hydrogen) atoms. The van der Waals surface area contributed by atoms with E-state index >= 15 is 0 Å². The fourth-order valence-corrected chi connectivity index (χ4v) is 3.92.